The van der Waals surface area contributed by atoms with Crippen LogP contribution in [0, 0.1) is 43.4 Å². The lowest BCUT2D eigenvalue weighted by Gasteiger charge is -2.27. The number of carbonyl (C=O) groups excluding carboxylic acids is 3. The van der Waals surface area contributed by atoms with Gasteiger partial charge in [-0.1, -0.05) is 42.5 Å². The molecule has 0 saturated heterocycles. The van der Waals surface area contributed by atoms with Crippen LogP contribution >= 0.6 is 0 Å². The average molecular weight is 822 g/mol. The summed E-state index contributed by atoms with van der Waals surface area (Å²) in [5, 5.41) is 32.0. The summed E-state index contributed by atoms with van der Waals surface area (Å²) >= 11 is 0. The van der Waals surface area contributed by atoms with Crippen LogP contribution in [0.4, 0.5) is 0 Å². The van der Waals surface area contributed by atoms with Crippen molar-refractivity contribution in [2.24, 2.45) is 11.8 Å². The number of aromatic nitrogens is 1. The number of hydrogen-bond acceptors (Lipinski definition) is 14. The van der Waals surface area contributed by atoms with Crippen molar-refractivity contribution in [1.29, 1.82) is 0 Å². The second-order valence-corrected chi connectivity index (χ2v) is 14.4. The SMILES string of the molecule is C#CCC(OC)(OC)C(=O)OCc1cnc(C)c(OC(=O)CCC/C=C\C[C@@H]2[C@@H](CC[C@@H](O)CCc3ccccc3)[C@H](O)C[C@@H]2O)c1COC(=O)C(CC#C)(OC)OC. The third-order valence-corrected chi connectivity index (χ3v) is 10.7. The van der Waals surface area contributed by atoms with E-state index in [1.165, 1.54) is 34.6 Å². The number of unbranched alkanes of at least 4 members (excludes halogenated alkanes) is 1. The lowest BCUT2D eigenvalue weighted by Crippen LogP contribution is -2.44. The van der Waals surface area contributed by atoms with Crippen LogP contribution in [0.25, 0.3) is 0 Å². The molecule has 0 unspecified atom stereocenters. The summed E-state index contributed by atoms with van der Waals surface area (Å²) in [5.74, 6) is -1.88. The Morgan fingerprint density at radius 3 is 2.07 bits per heavy atom. The molecule has 1 aliphatic rings. The number of ether oxygens (including phenoxy) is 7. The van der Waals surface area contributed by atoms with Crippen molar-refractivity contribution in [3.8, 4) is 30.4 Å². The number of esters is 3. The Morgan fingerprint density at radius 1 is 0.881 bits per heavy atom. The molecule has 0 radical (unpaired) electrons. The second kappa shape index (κ2) is 24.4. The Bertz CT molecular complexity index is 1760. The van der Waals surface area contributed by atoms with Crippen molar-refractivity contribution < 1.29 is 62.9 Å². The minimum Gasteiger partial charge on any atom is -0.457 e. The van der Waals surface area contributed by atoms with Gasteiger partial charge in [0.25, 0.3) is 11.6 Å². The summed E-state index contributed by atoms with van der Waals surface area (Å²) < 4.78 is 37.9. The third-order valence-electron chi connectivity index (χ3n) is 10.7. The van der Waals surface area contributed by atoms with E-state index in [1.807, 2.05) is 42.5 Å². The van der Waals surface area contributed by atoms with Crippen LogP contribution < -0.4 is 4.74 Å². The molecule has 2 aromatic rings. The van der Waals surface area contributed by atoms with Crippen molar-refractivity contribution in [3.05, 3.63) is 71.1 Å². The molecule has 1 fully saturated rings. The lowest BCUT2D eigenvalue weighted by atomic mass is 9.85. The van der Waals surface area contributed by atoms with Gasteiger partial charge in [-0.15, -0.1) is 24.7 Å². The molecule has 3 rings (SSSR count). The summed E-state index contributed by atoms with van der Waals surface area (Å²) in [7, 11) is 4.96. The molecule has 1 aromatic carbocycles. The van der Waals surface area contributed by atoms with Crippen molar-refractivity contribution >= 4 is 17.9 Å². The highest BCUT2D eigenvalue weighted by Gasteiger charge is 2.43. The van der Waals surface area contributed by atoms with Gasteiger partial charge in [0.1, 0.15) is 13.2 Å². The van der Waals surface area contributed by atoms with Crippen LogP contribution in [0.5, 0.6) is 5.75 Å². The molecule has 0 aliphatic heterocycles. The fourth-order valence-corrected chi connectivity index (χ4v) is 7.11. The summed E-state index contributed by atoms with van der Waals surface area (Å²) in [4.78, 5) is 43.8. The Morgan fingerprint density at radius 2 is 1.47 bits per heavy atom. The van der Waals surface area contributed by atoms with Crippen LogP contribution in [0.3, 0.4) is 0 Å². The molecule has 1 aliphatic carbocycles. The number of carbonyl (C=O) groups is 3. The first-order chi connectivity index (χ1) is 28.3. The summed E-state index contributed by atoms with van der Waals surface area (Å²) in [5.41, 5.74) is 1.87. The first-order valence-electron chi connectivity index (χ1n) is 19.7. The van der Waals surface area contributed by atoms with Crippen molar-refractivity contribution in [2.45, 2.75) is 121 Å². The first-order valence-corrected chi connectivity index (χ1v) is 19.7. The molecule has 14 nitrogen and oxygen atoms in total. The van der Waals surface area contributed by atoms with Gasteiger partial charge in [-0.3, -0.25) is 9.78 Å². The topological polar surface area (TPSA) is 189 Å². The van der Waals surface area contributed by atoms with Gasteiger partial charge in [-0.2, -0.15) is 0 Å². The van der Waals surface area contributed by atoms with E-state index in [-0.39, 0.29) is 48.0 Å². The number of nitrogens with zero attached hydrogens (tertiary/aromatic N) is 1. The number of aliphatic hydroxyl groups is 3. The van der Waals surface area contributed by atoms with Gasteiger partial charge in [0.2, 0.25) is 0 Å². The number of hydrogen-bond donors (Lipinski definition) is 3. The number of methoxy groups -OCH3 is 4. The highest BCUT2D eigenvalue weighted by molar-refractivity contribution is 5.79. The zero-order valence-electron chi connectivity index (χ0n) is 34.7. The lowest BCUT2D eigenvalue weighted by molar-refractivity contribution is -0.229. The van der Waals surface area contributed by atoms with Gasteiger partial charge in [-0.25, -0.2) is 9.59 Å². The number of rotatable bonds is 25. The van der Waals surface area contributed by atoms with Gasteiger partial charge < -0.3 is 48.5 Å². The Kier molecular flexibility index (Phi) is 20.2. The number of terminal acetylenes is 2. The van der Waals surface area contributed by atoms with Crippen LogP contribution in [-0.2, 0) is 62.4 Å². The quantitative estimate of drug-likeness (QED) is 0.0413. The average Bonchev–Trinajstić information content (AvgIpc) is 3.51. The maximum atomic E-state index is 13.2. The minimum atomic E-state index is -1.90. The molecule has 5 atom stereocenters. The van der Waals surface area contributed by atoms with Gasteiger partial charge in [-0.05, 0) is 75.7 Å². The molecule has 1 heterocycles. The molecule has 3 N–H and O–H groups in total. The number of aliphatic hydroxyl groups excluding tert-OH is 3. The van der Waals surface area contributed by atoms with E-state index in [1.54, 1.807) is 6.92 Å². The van der Waals surface area contributed by atoms with E-state index < -0.39 is 61.0 Å². The summed E-state index contributed by atoms with van der Waals surface area (Å²) in [6.45, 7) is 0.707. The predicted octanol–water partition coefficient (Wildman–Crippen LogP) is 4.66. The van der Waals surface area contributed by atoms with Crippen molar-refractivity contribution in [3.63, 3.8) is 0 Å². The third kappa shape index (κ3) is 13.7. The Labute approximate surface area is 347 Å². The normalized spacial score (nSPS) is 18.5. The van der Waals surface area contributed by atoms with E-state index in [4.69, 9.17) is 46.0 Å². The maximum Gasteiger partial charge on any atom is 0.368 e. The number of aryl methyl sites for hydroxylation is 2. The van der Waals surface area contributed by atoms with Crippen molar-refractivity contribution in [2.75, 3.05) is 28.4 Å². The van der Waals surface area contributed by atoms with Gasteiger partial charge in [0, 0.05) is 52.2 Å². The van der Waals surface area contributed by atoms with Gasteiger partial charge in [0.05, 0.1) is 36.8 Å². The van der Waals surface area contributed by atoms with Crippen molar-refractivity contribution in [1.82, 2.24) is 4.98 Å². The largest absolute Gasteiger partial charge is 0.457 e. The highest BCUT2D eigenvalue weighted by atomic mass is 16.7. The predicted molar refractivity (Wildman–Crippen MR) is 216 cm³/mol. The molecule has 59 heavy (non-hydrogen) atoms. The number of pyridine rings is 1. The molecule has 0 bridgehead atoms. The molecule has 14 heteroatoms. The fraction of sp³-hybridized carbons (Fsp3) is 0.556. The zero-order valence-corrected chi connectivity index (χ0v) is 34.7. The molecular weight excluding hydrogens is 762 g/mol. The molecular formula is C45H59NO13. The molecule has 1 aromatic heterocycles. The molecule has 0 amide bonds. The van der Waals surface area contributed by atoms with Gasteiger partial charge >= 0.3 is 17.9 Å². The van der Waals surface area contributed by atoms with Crippen LogP contribution in [-0.4, -0.2) is 96.5 Å². The monoisotopic (exact) mass is 821 g/mol. The first kappa shape index (κ1) is 48.7. The smallest absolute Gasteiger partial charge is 0.368 e. The Balaban J connectivity index is 1.65. The number of benzene rings is 1. The van der Waals surface area contributed by atoms with Crippen LogP contribution in [0.15, 0.2) is 48.7 Å². The molecule has 0 spiro atoms. The highest BCUT2D eigenvalue weighted by Crippen LogP contribution is 2.39. The zero-order chi connectivity index (χ0) is 43.4. The summed E-state index contributed by atoms with van der Waals surface area (Å²) in [6, 6.07) is 9.98. The van der Waals surface area contributed by atoms with E-state index in [0.29, 0.717) is 50.6 Å². The fourth-order valence-electron chi connectivity index (χ4n) is 7.11. The van der Waals surface area contributed by atoms with E-state index in [2.05, 4.69) is 16.8 Å². The van der Waals surface area contributed by atoms with E-state index >= 15 is 0 Å². The van der Waals surface area contributed by atoms with Gasteiger partial charge in [0.15, 0.2) is 5.75 Å². The molecule has 1 saturated carbocycles. The second-order valence-electron chi connectivity index (χ2n) is 14.4. The van der Waals surface area contributed by atoms with Crippen LogP contribution in [0.2, 0.25) is 0 Å². The maximum absolute atomic E-state index is 13.2. The van der Waals surface area contributed by atoms with E-state index in [0.717, 1.165) is 12.0 Å². The Hall–Kier alpha value is -4.64. The summed E-state index contributed by atoms with van der Waals surface area (Å²) in [6.07, 6.45) is 18.2. The number of allylic oxidation sites excluding steroid dienone is 2. The van der Waals surface area contributed by atoms with E-state index in [9.17, 15) is 29.7 Å². The van der Waals surface area contributed by atoms with Crippen LogP contribution in [0.1, 0.15) is 86.6 Å². The minimum absolute atomic E-state index is 0.00245. The molecule has 322 valence electrons. The standard InChI is InChI=1S/C45H59NO13/c1-8-25-44(53-4,54-5)42(51)57-29-33-28-46-31(3)41(37(33)30-58-43(52)45(55-6,56-7)26-9-2)59-40(50)20-16-11-10-15-19-35-36(39(49)27-38(35)48)24-23-34(47)22-21-32-17-13-12-14-18-32/h1-2,10,12-15,17-18,28,34-36,38-39,47-49H,11,16,19-27,29-30H2,3-7H3/b15-10-/t34-,35+,36+,38-,39+/m0/s1.